The van der Waals surface area contributed by atoms with Gasteiger partial charge in [-0.25, -0.2) is 0 Å². The first-order chi connectivity index (χ1) is 5.40. The molecule has 0 rings (SSSR count). The largest absolute Gasteiger partial charge is 0.455 e. The third-order valence-corrected chi connectivity index (χ3v) is 1.12. The number of nitrogens with two attached hydrogens (primary N) is 1. The van der Waals surface area contributed by atoms with Gasteiger partial charge in [-0.1, -0.05) is 0 Å². The summed E-state index contributed by atoms with van der Waals surface area (Å²) in [7, 11) is 0. The van der Waals surface area contributed by atoms with E-state index in [1.165, 1.54) is 0 Å². The Morgan fingerprint density at radius 2 is 1.08 bits per heavy atom. The van der Waals surface area contributed by atoms with Crippen LogP contribution >= 0.6 is 0 Å². The average molecular weight is 217 g/mol. The van der Waals surface area contributed by atoms with Gasteiger partial charge in [-0.05, 0) is 0 Å². The van der Waals surface area contributed by atoms with Crippen LogP contribution in [0.2, 0.25) is 0 Å². The van der Waals surface area contributed by atoms with Crippen LogP contribution in [0.1, 0.15) is 0 Å². The smallest absolute Gasteiger partial charge is 0.315 e. The van der Waals surface area contributed by atoms with Crippen LogP contribution in [0, 0.1) is 0 Å². The fourth-order valence-electron chi connectivity index (χ4n) is 0.382. The molecule has 0 saturated heterocycles. The summed E-state index contributed by atoms with van der Waals surface area (Å²) in [6.45, 7) is 0. The molecular weight excluding hydrogens is 214 g/mol. The molecule has 9 heteroatoms. The lowest BCUT2D eigenvalue weighted by Gasteiger charge is -2.26. The van der Waals surface area contributed by atoms with Gasteiger partial charge in [0.05, 0.1) is 0 Å². The molecule has 1 atom stereocenters. The lowest BCUT2D eigenvalue weighted by atomic mass is 10.1. The predicted molar refractivity (Wildman–Crippen MR) is 25.0 cm³/mol. The summed E-state index contributed by atoms with van der Waals surface area (Å²) >= 11 is 0. The van der Waals surface area contributed by atoms with Crippen molar-refractivity contribution in [1.82, 2.24) is 0 Å². The lowest BCUT2D eigenvalue weighted by Crippen LogP contribution is -2.58. The van der Waals surface area contributed by atoms with E-state index in [0.717, 1.165) is 0 Å². The molecule has 0 unspecified atom stereocenters. The second-order valence-electron chi connectivity index (χ2n) is 2.14. The maximum Gasteiger partial charge on any atom is 0.455 e. The molecule has 0 bridgehead atoms. The SMILES string of the molecule is N[C@@H](C(F)(F)F)C(F)(F)C(F)(F)F. The standard InChI is InChI=1S/C4H3F8N/c5-2(6,4(10,11)12)1(13)3(7,8)9/h1H,13H2/t1-/m1/s1. The van der Waals surface area contributed by atoms with Crippen LogP contribution in [0.3, 0.4) is 0 Å². The predicted octanol–water partition coefficient (Wildman–Crippen LogP) is 2.07. The van der Waals surface area contributed by atoms with Crippen molar-refractivity contribution < 1.29 is 35.1 Å². The highest BCUT2D eigenvalue weighted by Crippen LogP contribution is 2.42. The molecule has 0 radical (unpaired) electrons. The Morgan fingerprint density at radius 1 is 0.769 bits per heavy atom. The summed E-state index contributed by atoms with van der Waals surface area (Å²) in [4.78, 5) is 0. The van der Waals surface area contributed by atoms with E-state index >= 15 is 0 Å². The van der Waals surface area contributed by atoms with Gasteiger partial charge in [0.25, 0.3) is 0 Å². The highest BCUT2D eigenvalue weighted by Gasteiger charge is 2.68. The molecule has 2 N–H and O–H groups in total. The van der Waals surface area contributed by atoms with Crippen LogP contribution in [0.25, 0.3) is 0 Å². The van der Waals surface area contributed by atoms with E-state index in [-0.39, 0.29) is 0 Å². The second-order valence-corrected chi connectivity index (χ2v) is 2.14. The fourth-order valence-corrected chi connectivity index (χ4v) is 0.382. The van der Waals surface area contributed by atoms with Crippen molar-refractivity contribution in [3.8, 4) is 0 Å². The van der Waals surface area contributed by atoms with Gasteiger partial charge in [0, 0.05) is 0 Å². The highest BCUT2D eigenvalue weighted by molar-refractivity contribution is 4.91. The van der Waals surface area contributed by atoms with E-state index in [2.05, 4.69) is 5.73 Å². The Kier molecular flexibility index (Phi) is 2.83. The average Bonchev–Trinajstić information content (AvgIpc) is 1.81. The summed E-state index contributed by atoms with van der Waals surface area (Å²) in [5.74, 6) is -5.97. The molecule has 0 aliphatic heterocycles. The van der Waals surface area contributed by atoms with Gasteiger partial charge in [-0.3, -0.25) is 0 Å². The van der Waals surface area contributed by atoms with Crippen molar-refractivity contribution in [2.24, 2.45) is 5.73 Å². The Hall–Kier alpha value is -0.600. The number of alkyl halides is 8. The third kappa shape index (κ3) is 2.42. The molecule has 0 aromatic carbocycles. The molecule has 0 aliphatic rings. The molecule has 0 fully saturated rings. The Morgan fingerprint density at radius 3 is 1.15 bits per heavy atom. The van der Waals surface area contributed by atoms with Crippen molar-refractivity contribution >= 4 is 0 Å². The number of rotatable bonds is 1. The van der Waals surface area contributed by atoms with E-state index in [0.29, 0.717) is 0 Å². The molecule has 0 aliphatic carbocycles. The monoisotopic (exact) mass is 217 g/mol. The van der Waals surface area contributed by atoms with Crippen LogP contribution < -0.4 is 5.73 Å². The molecule has 0 aromatic rings. The van der Waals surface area contributed by atoms with Gasteiger partial charge in [0.15, 0.2) is 6.04 Å². The van der Waals surface area contributed by atoms with Gasteiger partial charge in [0.2, 0.25) is 0 Å². The quantitative estimate of drug-likeness (QED) is 0.668. The molecule has 0 saturated carbocycles. The van der Waals surface area contributed by atoms with Gasteiger partial charge in [0.1, 0.15) is 0 Å². The summed E-state index contributed by atoms with van der Waals surface area (Å²) in [5.41, 5.74) is 3.72. The van der Waals surface area contributed by atoms with Crippen molar-refractivity contribution in [2.75, 3.05) is 0 Å². The summed E-state index contributed by atoms with van der Waals surface area (Å²) < 4.78 is 91.7. The van der Waals surface area contributed by atoms with Crippen LogP contribution in [0.5, 0.6) is 0 Å². The highest BCUT2D eigenvalue weighted by atomic mass is 19.4. The minimum Gasteiger partial charge on any atom is -0.315 e. The van der Waals surface area contributed by atoms with Crippen molar-refractivity contribution in [2.45, 2.75) is 24.3 Å². The molecular formula is C4H3F8N. The van der Waals surface area contributed by atoms with E-state index in [9.17, 15) is 35.1 Å². The van der Waals surface area contributed by atoms with E-state index in [4.69, 9.17) is 0 Å². The lowest BCUT2D eigenvalue weighted by molar-refractivity contribution is -0.322. The van der Waals surface area contributed by atoms with Gasteiger partial charge < -0.3 is 5.73 Å². The molecule has 1 nitrogen and oxygen atoms in total. The fraction of sp³-hybridized carbons (Fsp3) is 1.00. The van der Waals surface area contributed by atoms with Gasteiger partial charge in [-0.2, -0.15) is 35.1 Å². The first kappa shape index (κ1) is 12.4. The zero-order valence-electron chi connectivity index (χ0n) is 5.68. The molecule has 0 amide bonds. The second kappa shape index (κ2) is 2.96. The maximum absolute atomic E-state index is 11.9. The third-order valence-electron chi connectivity index (χ3n) is 1.12. The van der Waals surface area contributed by atoms with E-state index in [1.54, 1.807) is 0 Å². The number of halogens is 8. The topological polar surface area (TPSA) is 26.0 Å². The van der Waals surface area contributed by atoms with Crippen molar-refractivity contribution in [3.63, 3.8) is 0 Å². The van der Waals surface area contributed by atoms with Crippen LogP contribution in [0.4, 0.5) is 35.1 Å². The van der Waals surface area contributed by atoms with Crippen LogP contribution in [-0.4, -0.2) is 24.3 Å². The number of hydrogen-bond acceptors (Lipinski definition) is 1. The van der Waals surface area contributed by atoms with Crippen molar-refractivity contribution in [1.29, 1.82) is 0 Å². The first-order valence-electron chi connectivity index (χ1n) is 2.67. The van der Waals surface area contributed by atoms with E-state index in [1.807, 2.05) is 0 Å². The van der Waals surface area contributed by atoms with E-state index < -0.39 is 24.3 Å². The minimum absolute atomic E-state index is 3.72. The van der Waals surface area contributed by atoms with Crippen LogP contribution in [0.15, 0.2) is 0 Å². The summed E-state index contributed by atoms with van der Waals surface area (Å²) in [6.07, 6.45) is -12.1. The Labute approximate surface area is 66.5 Å². The normalized spacial score (nSPS) is 17.3. The molecule has 13 heavy (non-hydrogen) atoms. The van der Waals surface area contributed by atoms with Gasteiger partial charge >= 0.3 is 18.3 Å². The maximum atomic E-state index is 11.9. The van der Waals surface area contributed by atoms with Crippen LogP contribution in [-0.2, 0) is 0 Å². The molecule has 0 heterocycles. The molecule has 0 spiro atoms. The molecule has 0 aromatic heterocycles. The first-order valence-corrected chi connectivity index (χ1v) is 2.67. The summed E-state index contributed by atoms with van der Waals surface area (Å²) in [5, 5.41) is 0. The van der Waals surface area contributed by atoms with Gasteiger partial charge in [-0.15, -0.1) is 0 Å². The Bertz CT molecular complexity index is 178. The summed E-state index contributed by atoms with van der Waals surface area (Å²) in [6, 6.07) is -4.24. The molecule has 80 valence electrons. The zero-order valence-corrected chi connectivity index (χ0v) is 5.68. The Balaban J connectivity index is 4.86. The van der Waals surface area contributed by atoms with Crippen molar-refractivity contribution in [3.05, 3.63) is 0 Å². The minimum atomic E-state index is -6.30. The number of hydrogen-bond donors (Lipinski definition) is 1. The zero-order chi connectivity index (χ0) is 11.1.